The smallest absolute Gasteiger partial charge is 0.222 e. The van der Waals surface area contributed by atoms with E-state index in [1.165, 1.54) is 57.8 Å². The second-order valence-electron chi connectivity index (χ2n) is 9.73. The molecule has 2 aliphatic rings. The Morgan fingerprint density at radius 3 is 2.03 bits per heavy atom. The Kier molecular flexibility index (Phi) is 14.1. The molecule has 0 heterocycles. The summed E-state index contributed by atoms with van der Waals surface area (Å²) in [6.07, 6.45) is 28.8. The average Bonchev–Trinajstić information content (AvgIpc) is 3.43. The van der Waals surface area contributed by atoms with E-state index in [9.17, 15) is 9.59 Å². The molecule has 182 valence electrons. The van der Waals surface area contributed by atoms with Crippen molar-refractivity contribution in [3.8, 4) is 0 Å². The molecule has 32 heavy (non-hydrogen) atoms. The summed E-state index contributed by atoms with van der Waals surface area (Å²) < 4.78 is 0. The normalized spacial score (nSPS) is 16.9. The van der Waals surface area contributed by atoms with Gasteiger partial charge in [-0.1, -0.05) is 56.9 Å². The summed E-state index contributed by atoms with van der Waals surface area (Å²) in [6.45, 7) is 3.09. The molecule has 2 aliphatic carbocycles. The third-order valence-electron chi connectivity index (χ3n) is 6.66. The Morgan fingerprint density at radius 1 is 0.781 bits per heavy atom. The molecule has 0 atom stereocenters. The van der Waals surface area contributed by atoms with Crippen molar-refractivity contribution >= 4 is 11.8 Å². The predicted octanol–water partition coefficient (Wildman–Crippen LogP) is 6.85. The Bertz CT molecular complexity index is 574. The van der Waals surface area contributed by atoms with E-state index in [0.29, 0.717) is 24.4 Å². The second kappa shape index (κ2) is 17.0. The van der Waals surface area contributed by atoms with Crippen molar-refractivity contribution in [1.29, 1.82) is 0 Å². The number of unbranched alkanes of at least 4 members (excludes halogenated alkanes) is 6. The molecule has 2 saturated carbocycles. The van der Waals surface area contributed by atoms with Gasteiger partial charge in [0.2, 0.25) is 11.8 Å². The summed E-state index contributed by atoms with van der Waals surface area (Å²) in [5.74, 6) is 0.606. The van der Waals surface area contributed by atoms with Gasteiger partial charge in [0.15, 0.2) is 0 Å². The number of allylic oxidation sites excluding steroid dienone is 3. The number of hydrogen-bond donors (Lipinski definition) is 1. The maximum atomic E-state index is 12.7. The van der Waals surface area contributed by atoms with Crippen LogP contribution in [0.3, 0.4) is 0 Å². The Morgan fingerprint density at radius 2 is 1.41 bits per heavy atom. The molecule has 0 bridgehead atoms. The van der Waals surface area contributed by atoms with E-state index in [1.54, 1.807) is 0 Å². The highest BCUT2D eigenvalue weighted by molar-refractivity contribution is 5.76. The molecule has 2 rings (SSSR count). The second-order valence-corrected chi connectivity index (χ2v) is 9.73. The zero-order chi connectivity index (χ0) is 22.9. The first-order valence-corrected chi connectivity index (χ1v) is 13.6. The van der Waals surface area contributed by atoms with Gasteiger partial charge in [-0.2, -0.15) is 0 Å². The monoisotopic (exact) mass is 444 g/mol. The molecule has 0 aromatic rings. The minimum Gasteiger partial charge on any atom is -0.353 e. The Labute approximate surface area is 197 Å². The van der Waals surface area contributed by atoms with Gasteiger partial charge in [0.05, 0.1) is 0 Å². The first-order valence-electron chi connectivity index (χ1n) is 13.6. The van der Waals surface area contributed by atoms with E-state index >= 15 is 0 Å². The maximum absolute atomic E-state index is 12.7. The summed E-state index contributed by atoms with van der Waals surface area (Å²) in [5.41, 5.74) is 0. The van der Waals surface area contributed by atoms with Gasteiger partial charge in [-0.05, 0) is 77.0 Å². The number of hydrogen-bond acceptors (Lipinski definition) is 2. The molecule has 2 amide bonds. The van der Waals surface area contributed by atoms with Gasteiger partial charge in [0.1, 0.15) is 0 Å². The van der Waals surface area contributed by atoms with Crippen molar-refractivity contribution < 1.29 is 9.59 Å². The average molecular weight is 445 g/mol. The summed E-state index contributed by atoms with van der Waals surface area (Å²) in [4.78, 5) is 26.5. The fourth-order valence-electron chi connectivity index (χ4n) is 4.51. The minimum atomic E-state index is 0.222. The molecule has 0 aromatic carbocycles. The molecule has 1 N–H and O–H groups in total. The summed E-state index contributed by atoms with van der Waals surface area (Å²) in [7, 11) is 0. The van der Waals surface area contributed by atoms with Crippen LogP contribution in [-0.4, -0.2) is 35.3 Å². The zero-order valence-electron chi connectivity index (χ0n) is 20.7. The molecule has 0 aliphatic heterocycles. The molecule has 0 saturated heterocycles. The molecule has 4 heteroatoms. The van der Waals surface area contributed by atoms with Gasteiger partial charge in [-0.3, -0.25) is 9.59 Å². The van der Waals surface area contributed by atoms with Crippen molar-refractivity contribution in [3.05, 3.63) is 24.3 Å². The van der Waals surface area contributed by atoms with Crippen LogP contribution in [0.1, 0.15) is 122 Å². The van der Waals surface area contributed by atoms with Crippen LogP contribution in [-0.2, 0) is 9.59 Å². The van der Waals surface area contributed by atoms with Crippen molar-refractivity contribution in [3.63, 3.8) is 0 Å². The fraction of sp³-hybridized carbons (Fsp3) is 0.786. The van der Waals surface area contributed by atoms with E-state index in [0.717, 1.165) is 57.9 Å². The molecule has 4 nitrogen and oxygen atoms in total. The predicted molar refractivity (Wildman–Crippen MR) is 134 cm³/mol. The summed E-state index contributed by atoms with van der Waals surface area (Å²) >= 11 is 0. The van der Waals surface area contributed by atoms with Crippen LogP contribution in [0.4, 0.5) is 0 Å². The SMILES string of the molecule is CCCCCC(=O)N(CCC=CCCCCC=CCCCC(=O)NC1CC1)C1CCCC1. The standard InChI is InChI=1S/C28H48N2O2/c1-2-3-13-21-28(32)30(26-18-15-16-19-26)24-17-12-10-8-6-4-5-7-9-11-14-20-27(31)29-25-22-23-25/h7,9-10,12,25-26H,2-6,8,11,13-24H2,1H3,(H,29,31). The van der Waals surface area contributed by atoms with Crippen LogP contribution in [0.5, 0.6) is 0 Å². The molecule has 0 spiro atoms. The topological polar surface area (TPSA) is 49.4 Å². The third kappa shape index (κ3) is 12.5. The van der Waals surface area contributed by atoms with Crippen LogP contribution in [0.25, 0.3) is 0 Å². The van der Waals surface area contributed by atoms with Crippen molar-refractivity contribution in [2.24, 2.45) is 0 Å². The zero-order valence-corrected chi connectivity index (χ0v) is 20.7. The van der Waals surface area contributed by atoms with Crippen molar-refractivity contribution in [1.82, 2.24) is 10.2 Å². The lowest BCUT2D eigenvalue weighted by molar-refractivity contribution is -0.133. The number of rotatable bonds is 18. The fourth-order valence-corrected chi connectivity index (χ4v) is 4.51. The molecule has 0 unspecified atom stereocenters. The van der Waals surface area contributed by atoms with E-state index in [1.807, 2.05) is 0 Å². The Hall–Kier alpha value is -1.58. The first kappa shape index (κ1) is 26.7. The summed E-state index contributed by atoms with van der Waals surface area (Å²) in [6, 6.07) is 0.980. The summed E-state index contributed by atoms with van der Waals surface area (Å²) in [5, 5.41) is 3.04. The van der Waals surface area contributed by atoms with E-state index in [4.69, 9.17) is 0 Å². The molecule has 2 fully saturated rings. The molecule has 0 radical (unpaired) electrons. The lowest BCUT2D eigenvalue weighted by Gasteiger charge is -2.29. The highest BCUT2D eigenvalue weighted by atomic mass is 16.2. The number of amides is 2. The Balaban J connectivity index is 1.47. The van der Waals surface area contributed by atoms with Crippen molar-refractivity contribution in [2.75, 3.05) is 6.54 Å². The van der Waals surface area contributed by atoms with Crippen molar-refractivity contribution in [2.45, 2.75) is 135 Å². The number of carbonyl (C=O) groups excluding carboxylic acids is 2. The minimum absolute atomic E-state index is 0.222. The number of nitrogens with one attached hydrogen (secondary N) is 1. The largest absolute Gasteiger partial charge is 0.353 e. The van der Waals surface area contributed by atoms with Crippen LogP contribution < -0.4 is 5.32 Å². The van der Waals surface area contributed by atoms with Gasteiger partial charge in [-0.15, -0.1) is 0 Å². The lowest BCUT2D eigenvalue weighted by atomic mass is 10.1. The van der Waals surface area contributed by atoms with Gasteiger partial charge in [0.25, 0.3) is 0 Å². The number of carbonyl (C=O) groups is 2. The van der Waals surface area contributed by atoms with Crippen LogP contribution in [0.15, 0.2) is 24.3 Å². The van der Waals surface area contributed by atoms with E-state index < -0.39 is 0 Å². The van der Waals surface area contributed by atoms with E-state index in [-0.39, 0.29) is 5.91 Å². The molecular formula is C28H48N2O2. The third-order valence-corrected chi connectivity index (χ3v) is 6.66. The maximum Gasteiger partial charge on any atom is 0.222 e. The van der Waals surface area contributed by atoms with Gasteiger partial charge in [0, 0.05) is 31.5 Å². The van der Waals surface area contributed by atoms with Crippen LogP contribution in [0.2, 0.25) is 0 Å². The quantitative estimate of drug-likeness (QED) is 0.186. The highest BCUT2D eigenvalue weighted by Crippen LogP contribution is 2.25. The molecular weight excluding hydrogens is 396 g/mol. The van der Waals surface area contributed by atoms with Crippen LogP contribution >= 0.6 is 0 Å². The van der Waals surface area contributed by atoms with E-state index in [2.05, 4.69) is 41.4 Å². The van der Waals surface area contributed by atoms with Gasteiger partial charge >= 0.3 is 0 Å². The van der Waals surface area contributed by atoms with Gasteiger partial charge in [-0.25, -0.2) is 0 Å². The van der Waals surface area contributed by atoms with Crippen LogP contribution in [0, 0.1) is 0 Å². The molecule has 0 aromatic heterocycles. The van der Waals surface area contributed by atoms with Gasteiger partial charge < -0.3 is 10.2 Å². The highest BCUT2D eigenvalue weighted by Gasteiger charge is 2.25. The number of nitrogens with zero attached hydrogens (tertiary/aromatic N) is 1. The lowest BCUT2D eigenvalue weighted by Crippen LogP contribution is -2.39. The first-order chi connectivity index (χ1) is 15.7.